The summed E-state index contributed by atoms with van der Waals surface area (Å²) in [6.07, 6.45) is 0. The Labute approximate surface area is 126 Å². The lowest BCUT2D eigenvalue weighted by Gasteiger charge is -2.13. The van der Waals surface area contributed by atoms with E-state index in [-0.39, 0.29) is 0 Å². The monoisotopic (exact) mass is 306 g/mol. The molecule has 0 aliphatic carbocycles. The van der Waals surface area contributed by atoms with E-state index in [0.717, 1.165) is 5.75 Å². The SMILES string of the molecule is O=C(O)c1ccccc1.Oc1ccc2c(c1)SCCS2. The molecule has 0 radical (unpaired) electrons. The summed E-state index contributed by atoms with van der Waals surface area (Å²) < 4.78 is 0. The lowest BCUT2D eigenvalue weighted by atomic mass is 10.2. The molecule has 0 unspecified atom stereocenters. The van der Waals surface area contributed by atoms with Gasteiger partial charge >= 0.3 is 5.97 Å². The van der Waals surface area contributed by atoms with Crippen LogP contribution in [0.3, 0.4) is 0 Å². The number of carboxylic acids is 1. The van der Waals surface area contributed by atoms with Crippen LogP contribution in [0.4, 0.5) is 0 Å². The van der Waals surface area contributed by atoms with Crippen LogP contribution in [0.1, 0.15) is 10.4 Å². The van der Waals surface area contributed by atoms with Crippen LogP contribution in [0.2, 0.25) is 0 Å². The van der Waals surface area contributed by atoms with Crippen LogP contribution in [0.25, 0.3) is 0 Å². The van der Waals surface area contributed by atoms with E-state index in [4.69, 9.17) is 10.2 Å². The second-order valence-corrected chi connectivity index (χ2v) is 6.27. The Hall–Kier alpha value is -1.59. The summed E-state index contributed by atoms with van der Waals surface area (Å²) in [6, 6.07) is 13.9. The first-order valence-corrected chi connectivity index (χ1v) is 8.01. The fourth-order valence-electron chi connectivity index (χ4n) is 1.61. The fraction of sp³-hybridized carbons (Fsp3) is 0.133. The molecule has 1 aliphatic heterocycles. The third kappa shape index (κ3) is 4.21. The molecule has 3 nitrogen and oxygen atoms in total. The quantitative estimate of drug-likeness (QED) is 0.834. The molecular weight excluding hydrogens is 292 g/mol. The zero-order chi connectivity index (χ0) is 14.4. The number of aromatic carboxylic acids is 1. The number of carboxylic acid groups (broad SMARTS) is 1. The van der Waals surface area contributed by atoms with Crippen molar-refractivity contribution in [2.45, 2.75) is 9.79 Å². The molecule has 0 atom stereocenters. The second kappa shape index (κ2) is 7.26. The summed E-state index contributed by atoms with van der Waals surface area (Å²) >= 11 is 3.69. The van der Waals surface area contributed by atoms with Crippen LogP contribution in [0.5, 0.6) is 5.75 Å². The van der Waals surface area contributed by atoms with Gasteiger partial charge in [0, 0.05) is 21.3 Å². The lowest BCUT2D eigenvalue weighted by Crippen LogP contribution is -1.93. The molecule has 2 aromatic carbocycles. The van der Waals surface area contributed by atoms with Crippen molar-refractivity contribution in [3.63, 3.8) is 0 Å². The summed E-state index contributed by atoms with van der Waals surface area (Å²) in [7, 11) is 0. The predicted octanol–water partition coefficient (Wildman–Crippen LogP) is 3.97. The van der Waals surface area contributed by atoms with Crippen molar-refractivity contribution in [1.82, 2.24) is 0 Å². The number of thioether (sulfide) groups is 2. The van der Waals surface area contributed by atoms with Crippen molar-refractivity contribution in [3.05, 3.63) is 54.1 Å². The number of benzene rings is 2. The molecule has 0 spiro atoms. The first-order chi connectivity index (χ1) is 9.66. The van der Waals surface area contributed by atoms with Gasteiger partial charge in [0.2, 0.25) is 0 Å². The van der Waals surface area contributed by atoms with Crippen LogP contribution in [-0.2, 0) is 0 Å². The number of hydrogen-bond acceptors (Lipinski definition) is 4. The topological polar surface area (TPSA) is 57.5 Å². The van der Waals surface area contributed by atoms with Gasteiger partial charge in [0.1, 0.15) is 5.75 Å². The maximum absolute atomic E-state index is 10.2. The van der Waals surface area contributed by atoms with E-state index >= 15 is 0 Å². The molecule has 3 rings (SSSR count). The Morgan fingerprint density at radius 1 is 0.950 bits per heavy atom. The van der Waals surface area contributed by atoms with Gasteiger partial charge in [-0.05, 0) is 30.3 Å². The highest BCUT2D eigenvalue weighted by atomic mass is 32.2. The average Bonchev–Trinajstić information content (AvgIpc) is 2.48. The molecule has 0 aromatic heterocycles. The summed E-state index contributed by atoms with van der Waals surface area (Å²) in [6.45, 7) is 0. The molecule has 2 aromatic rings. The van der Waals surface area contributed by atoms with E-state index in [1.54, 1.807) is 36.4 Å². The molecular formula is C15H14O3S2. The summed E-state index contributed by atoms with van der Waals surface area (Å²) in [5.41, 5.74) is 0.331. The Morgan fingerprint density at radius 3 is 2.20 bits per heavy atom. The van der Waals surface area contributed by atoms with Gasteiger partial charge in [-0.15, -0.1) is 23.5 Å². The molecule has 0 bridgehead atoms. The smallest absolute Gasteiger partial charge is 0.335 e. The van der Waals surface area contributed by atoms with Gasteiger partial charge in [0.05, 0.1) is 5.56 Å². The maximum Gasteiger partial charge on any atom is 0.335 e. The van der Waals surface area contributed by atoms with E-state index in [9.17, 15) is 4.79 Å². The first-order valence-electron chi connectivity index (χ1n) is 6.04. The maximum atomic E-state index is 10.2. The minimum absolute atomic E-state index is 0.331. The highest BCUT2D eigenvalue weighted by molar-refractivity contribution is 8.05. The van der Waals surface area contributed by atoms with Crippen LogP contribution in [-0.4, -0.2) is 27.7 Å². The van der Waals surface area contributed by atoms with Gasteiger partial charge in [-0.2, -0.15) is 0 Å². The van der Waals surface area contributed by atoms with Crippen molar-refractivity contribution < 1.29 is 15.0 Å². The third-order valence-corrected chi connectivity index (χ3v) is 5.07. The number of hydrogen-bond donors (Lipinski definition) is 2. The van der Waals surface area contributed by atoms with Crippen molar-refractivity contribution in [3.8, 4) is 5.75 Å². The fourth-order valence-corrected chi connectivity index (χ4v) is 3.85. The molecule has 1 heterocycles. The lowest BCUT2D eigenvalue weighted by molar-refractivity contribution is 0.0697. The molecule has 104 valence electrons. The van der Waals surface area contributed by atoms with Gasteiger partial charge < -0.3 is 10.2 Å². The zero-order valence-electron chi connectivity index (χ0n) is 10.7. The molecule has 1 aliphatic rings. The largest absolute Gasteiger partial charge is 0.508 e. The zero-order valence-corrected chi connectivity index (χ0v) is 12.3. The van der Waals surface area contributed by atoms with Crippen molar-refractivity contribution in [2.75, 3.05) is 11.5 Å². The Bertz CT molecular complexity index is 585. The summed E-state index contributed by atoms with van der Waals surface area (Å²) in [5.74, 6) is 1.83. The van der Waals surface area contributed by atoms with E-state index < -0.39 is 5.97 Å². The number of phenols is 1. The van der Waals surface area contributed by atoms with Gasteiger partial charge in [0.25, 0.3) is 0 Å². The molecule has 0 saturated carbocycles. The summed E-state index contributed by atoms with van der Waals surface area (Å²) in [4.78, 5) is 12.7. The average molecular weight is 306 g/mol. The normalized spacial score (nSPS) is 12.8. The van der Waals surface area contributed by atoms with Crippen LogP contribution in [0, 0.1) is 0 Å². The molecule has 0 saturated heterocycles. The second-order valence-electron chi connectivity index (χ2n) is 4.00. The van der Waals surface area contributed by atoms with E-state index in [1.165, 1.54) is 15.5 Å². The summed E-state index contributed by atoms with van der Waals surface area (Å²) in [5, 5.41) is 17.6. The molecule has 5 heteroatoms. The van der Waals surface area contributed by atoms with E-state index in [1.807, 2.05) is 35.7 Å². The van der Waals surface area contributed by atoms with Gasteiger partial charge in [-0.1, -0.05) is 18.2 Å². The number of fused-ring (bicyclic) bond motifs is 1. The van der Waals surface area contributed by atoms with Crippen molar-refractivity contribution >= 4 is 29.5 Å². The number of phenolic OH excluding ortho intramolecular Hbond substituents is 1. The van der Waals surface area contributed by atoms with E-state index in [0.29, 0.717) is 11.3 Å². The number of carbonyl (C=O) groups is 1. The Kier molecular flexibility index (Phi) is 5.38. The first kappa shape index (κ1) is 14.8. The highest BCUT2D eigenvalue weighted by Crippen LogP contribution is 2.38. The third-order valence-electron chi connectivity index (χ3n) is 2.55. The van der Waals surface area contributed by atoms with Crippen LogP contribution in [0.15, 0.2) is 58.3 Å². The van der Waals surface area contributed by atoms with Crippen LogP contribution >= 0.6 is 23.5 Å². The van der Waals surface area contributed by atoms with Gasteiger partial charge in [-0.3, -0.25) is 0 Å². The van der Waals surface area contributed by atoms with Gasteiger partial charge in [0.15, 0.2) is 0 Å². The molecule has 20 heavy (non-hydrogen) atoms. The minimum atomic E-state index is -0.879. The number of aromatic hydroxyl groups is 1. The predicted molar refractivity (Wildman–Crippen MR) is 83.0 cm³/mol. The molecule has 0 amide bonds. The molecule has 0 fully saturated rings. The minimum Gasteiger partial charge on any atom is -0.508 e. The highest BCUT2D eigenvalue weighted by Gasteiger charge is 2.09. The van der Waals surface area contributed by atoms with Gasteiger partial charge in [-0.25, -0.2) is 4.79 Å². The van der Waals surface area contributed by atoms with E-state index in [2.05, 4.69) is 0 Å². The van der Waals surface area contributed by atoms with Crippen LogP contribution < -0.4 is 0 Å². The van der Waals surface area contributed by atoms with Crippen molar-refractivity contribution in [1.29, 1.82) is 0 Å². The van der Waals surface area contributed by atoms with Crippen molar-refractivity contribution in [2.24, 2.45) is 0 Å². The standard InChI is InChI=1S/C8H8OS2.C7H6O2/c9-6-1-2-7-8(5-6)11-4-3-10-7;8-7(9)6-4-2-1-3-5-6/h1-2,5,9H,3-4H2;1-5H,(H,8,9). The Balaban J connectivity index is 0.000000151. The number of rotatable bonds is 1. The molecule has 2 N–H and O–H groups in total. The Morgan fingerprint density at radius 2 is 1.60 bits per heavy atom.